The van der Waals surface area contributed by atoms with E-state index in [0.717, 1.165) is 0 Å². The molecule has 0 fully saturated rings. The minimum atomic E-state index is -1.60. The lowest BCUT2D eigenvalue weighted by molar-refractivity contribution is -0.145. The number of rotatable bonds is 16. The molecule has 35 heavy (non-hydrogen) atoms. The molecule has 0 heterocycles. The third kappa shape index (κ3) is 12.0. The van der Waals surface area contributed by atoms with Gasteiger partial charge in [-0.2, -0.15) is 0 Å². The Kier molecular flexibility index (Phi) is 13.9. The largest absolute Gasteiger partial charge is 0.481 e. The van der Waals surface area contributed by atoms with Crippen LogP contribution in [0.25, 0.3) is 0 Å². The molecule has 15 heteroatoms. The summed E-state index contributed by atoms with van der Waals surface area (Å²) < 4.78 is 0. The molecule has 12 N–H and O–H groups in total. The second kappa shape index (κ2) is 15.4. The van der Waals surface area contributed by atoms with Gasteiger partial charge in [0.25, 0.3) is 0 Å². The summed E-state index contributed by atoms with van der Waals surface area (Å²) in [6, 6.07) is -5.44. The third-order valence-corrected chi connectivity index (χ3v) is 5.15. The van der Waals surface area contributed by atoms with Crippen LogP contribution in [0.5, 0.6) is 0 Å². The van der Waals surface area contributed by atoms with Crippen LogP contribution >= 0.6 is 0 Å². The lowest BCUT2D eigenvalue weighted by Crippen LogP contribution is -2.59. The van der Waals surface area contributed by atoms with Crippen LogP contribution in [0.15, 0.2) is 4.99 Å². The molecule has 6 unspecified atom stereocenters. The van der Waals surface area contributed by atoms with E-state index in [2.05, 4.69) is 20.9 Å². The van der Waals surface area contributed by atoms with Crippen molar-refractivity contribution in [3.8, 4) is 0 Å². The minimum absolute atomic E-state index is 0.0222. The Bertz CT molecular complexity index is 785. The van der Waals surface area contributed by atoms with Crippen molar-refractivity contribution in [3.63, 3.8) is 0 Å². The van der Waals surface area contributed by atoms with Gasteiger partial charge in [-0.05, 0) is 25.7 Å². The molecule has 0 saturated carbocycles. The number of aliphatic hydroxyl groups excluding tert-OH is 1. The molecular weight excluding hydrogens is 466 g/mol. The second-order valence-electron chi connectivity index (χ2n) is 8.15. The number of carbonyl (C=O) groups is 5. The van der Waals surface area contributed by atoms with Gasteiger partial charge in [-0.15, -0.1) is 0 Å². The average molecular weight is 504 g/mol. The van der Waals surface area contributed by atoms with Crippen LogP contribution < -0.4 is 33.2 Å². The summed E-state index contributed by atoms with van der Waals surface area (Å²) in [5.74, 6) is -5.89. The first-order valence-electron chi connectivity index (χ1n) is 11.1. The maximum atomic E-state index is 13.0. The Morgan fingerprint density at radius 1 is 0.914 bits per heavy atom. The van der Waals surface area contributed by atoms with E-state index in [-0.39, 0.29) is 25.3 Å². The molecule has 6 atom stereocenters. The average Bonchev–Trinajstić information content (AvgIpc) is 2.75. The summed E-state index contributed by atoms with van der Waals surface area (Å²) in [5.41, 5.74) is 16.1. The van der Waals surface area contributed by atoms with E-state index in [1.165, 1.54) is 6.92 Å². The van der Waals surface area contributed by atoms with Gasteiger partial charge in [0, 0.05) is 6.54 Å². The van der Waals surface area contributed by atoms with Crippen molar-refractivity contribution < 1.29 is 39.3 Å². The Morgan fingerprint density at radius 2 is 1.49 bits per heavy atom. The summed E-state index contributed by atoms with van der Waals surface area (Å²) >= 11 is 0. The van der Waals surface area contributed by atoms with Crippen LogP contribution in [0.1, 0.15) is 46.5 Å². The van der Waals surface area contributed by atoms with Gasteiger partial charge in [0.15, 0.2) is 12.0 Å². The number of aliphatic imine (C=N–C) groups is 1. The molecule has 0 radical (unpaired) electrons. The van der Waals surface area contributed by atoms with E-state index in [1.54, 1.807) is 13.8 Å². The van der Waals surface area contributed by atoms with E-state index in [0.29, 0.717) is 6.42 Å². The summed E-state index contributed by atoms with van der Waals surface area (Å²) in [6.45, 7) is 4.73. The van der Waals surface area contributed by atoms with Crippen molar-refractivity contribution in [3.05, 3.63) is 0 Å². The Labute approximate surface area is 202 Å². The fourth-order valence-electron chi connectivity index (χ4n) is 2.92. The Hall–Kier alpha value is -3.46. The zero-order valence-electron chi connectivity index (χ0n) is 20.1. The maximum absolute atomic E-state index is 13.0. The number of amides is 3. The van der Waals surface area contributed by atoms with E-state index in [9.17, 15) is 34.2 Å². The molecule has 0 aromatic rings. The Balaban J connectivity index is 5.67. The van der Waals surface area contributed by atoms with Crippen molar-refractivity contribution in [2.45, 2.75) is 76.7 Å². The summed E-state index contributed by atoms with van der Waals surface area (Å²) in [5, 5.41) is 34.8. The number of carboxylic acids is 2. The van der Waals surface area contributed by atoms with E-state index < -0.39 is 72.3 Å². The highest BCUT2D eigenvalue weighted by Gasteiger charge is 2.34. The zero-order valence-corrected chi connectivity index (χ0v) is 20.1. The predicted octanol–water partition coefficient (Wildman–Crippen LogP) is -3.19. The number of hydrogen-bond acceptors (Lipinski definition) is 8. The highest BCUT2D eigenvalue weighted by atomic mass is 16.4. The van der Waals surface area contributed by atoms with Crippen molar-refractivity contribution in [2.24, 2.45) is 28.1 Å². The smallest absolute Gasteiger partial charge is 0.328 e. The van der Waals surface area contributed by atoms with Crippen LogP contribution in [0.2, 0.25) is 0 Å². The van der Waals surface area contributed by atoms with Gasteiger partial charge in [0.1, 0.15) is 12.1 Å². The quantitative estimate of drug-likeness (QED) is 0.0574. The fourth-order valence-corrected chi connectivity index (χ4v) is 2.92. The number of aliphatic carboxylic acids is 2. The molecule has 0 aliphatic rings. The molecule has 0 bridgehead atoms. The highest BCUT2D eigenvalue weighted by Crippen LogP contribution is 2.11. The lowest BCUT2D eigenvalue weighted by atomic mass is 9.96. The monoisotopic (exact) mass is 503 g/mol. The minimum Gasteiger partial charge on any atom is -0.481 e. The third-order valence-electron chi connectivity index (χ3n) is 5.15. The predicted molar refractivity (Wildman–Crippen MR) is 125 cm³/mol. The number of guanidine groups is 1. The maximum Gasteiger partial charge on any atom is 0.328 e. The van der Waals surface area contributed by atoms with Crippen molar-refractivity contribution in [2.75, 3.05) is 6.54 Å². The van der Waals surface area contributed by atoms with Crippen LogP contribution in [-0.2, 0) is 24.0 Å². The first-order chi connectivity index (χ1) is 16.2. The molecule has 15 nitrogen and oxygen atoms in total. The summed E-state index contributed by atoms with van der Waals surface area (Å²) in [7, 11) is 0. The number of nitrogens with two attached hydrogens (primary N) is 3. The van der Waals surface area contributed by atoms with Gasteiger partial charge < -0.3 is 48.5 Å². The highest BCUT2D eigenvalue weighted by molar-refractivity contribution is 5.94. The lowest BCUT2D eigenvalue weighted by Gasteiger charge is -2.28. The van der Waals surface area contributed by atoms with Crippen LogP contribution in [0, 0.1) is 5.92 Å². The normalized spacial score (nSPS) is 15.9. The van der Waals surface area contributed by atoms with E-state index in [4.69, 9.17) is 22.3 Å². The number of carboxylic acid groups (broad SMARTS) is 2. The van der Waals surface area contributed by atoms with Crippen molar-refractivity contribution in [1.29, 1.82) is 0 Å². The molecule has 0 saturated heterocycles. The van der Waals surface area contributed by atoms with Crippen molar-refractivity contribution in [1.82, 2.24) is 16.0 Å². The van der Waals surface area contributed by atoms with E-state index >= 15 is 0 Å². The van der Waals surface area contributed by atoms with Gasteiger partial charge in [0.05, 0.1) is 18.6 Å². The number of aliphatic hydroxyl groups is 1. The summed E-state index contributed by atoms with van der Waals surface area (Å²) in [6.07, 6.45) is -1.37. The molecule has 0 aliphatic carbocycles. The number of carbonyl (C=O) groups excluding carboxylic acids is 3. The topological polar surface area (TPSA) is 273 Å². The van der Waals surface area contributed by atoms with Crippen LogP contribution in [0.3, 0.4) is 0 Å². The first-order valence-corrected chi connectivity index (χ1v) is 11.1. The zero-order chi connectivity index (χ0) is 27.3. The molecule has 0 aromatic carbocycles. The first kappa shape index (κ1) is 31.5. The molecule has 0 spiro atoms. The molecule has 0 rings (SSSR count). The summed E-state index contributed by atoms with van der Waals surface area (Å²) in [4.78, 5) is 64.1. The molecule has 0 aliphatic heterocycles. The van der Waals surface area contributed by atoms with Gasteiger partial charge in [0.2, 0.25) is 17.7 Å². The Morgan fingerprint density at radius 3 is 1.94 bits per heavy atom. The molecular formula is C20H37N7O8. The van der Waals surface area contributed by atoms with Gasteiger partial charge in [-0.3, -0.25) is 24.2 Å². The fraction of sp³-hybridized carbons (Fsp3) is 0.700. The van der Waals surface area contributed by atoms with Crippen molar-refractivity contribution >= 4 is 35.6 Å². The van der Waals surface area contributed by atoms with Gasteiger partial charge >= 0.3 is 11.9 Å². The molecule has 200 valence electrons. The number of nitrogens with zero attached hydrogens (tertiary/aromatic N) is 1. The van der Waals surface area contributed by atoms with Crippen LogP contribution in [0.4, 0.5) is 0 Å². The van der Waals surface area contributed by atoms with Crippen LogP contribution in [-0.4, -0.2) is 87.8 Å². The standard InChI is InChI=1S/C20H37N7O8/c1-4-9(2)14(18(33)27-15(10(3)28)19(34)35)26-17(32)12(6-5-7-24-20(22)23)25-16(31)11(21)8-13(29)30/h9-12,14-15,28H,4-8,21H2,1-3H3,(H,25,31)(H,26,32)(H,27,33)(H,29,30)(H,34,35)(H4,22,23,24). The van der Waals surface area contributed by atoms with E-state index in [1.807, 2.05) is 0 Å². The second-order valence-corrected chi connectivity index (χ2v) is 8.15. The number of nitrogens with one attached hydrogen (secondary N) is 3. The molecule has 3 amide bonds. The SMILES string of the molecule is CCC(C)C(NC(=O)C(CCCN=C(N)N)NC(=O)C(N)CC(=O)O)C(=O)NC(C(=O)O)C(C)O. The molecule has 0 aromatic heterocycles. The van der Waals surface area contributed by atoms with Gasteiger partial charge in [-0.1, -0.05) is 20.3 Å². The van der Waals surface area contributed by atoms with Gasteiger partial charge in [-0.25, -0.2) is 4.79 Å². The number of hydrogen-bond donors (Lipinski definition) is 9.